The van der Waals surface area contributed by atoms with E-state index in [2.05, 4.69) is 43.4 Å². The molecule has 4 rings (SSSR count). The molecule has 0 saturated carbocycles. The molecule has 4 heteroatoms. The van der Waals surface area contributed by atoms with Crippen LogP contribution in [0.2, 0.25) is 0 Å². The molecule has 4 nitrogen and oxygen atoms in total. The quantitative estimate of drug-likeness (QED) is 0.544. The van der Waals surface area contributed by atoms with Gasteiger partial charge in [-0.2, -0.15) is 0 Å². The van der Waals surface area contributed by atoms with Crippen LogP contribution in [-0.4, -0.2) is 17.4 Å². The lowest BCUT2D eigenvalue weighted by Crippen LogP contribution is -2.56. The molecule has 1 atom stereocenters. The molecule has 0 saturated heterocycles. The first kappa shape index (κ1) is 20.0. The molecule has 0 spiro atoms. The smallest absolute Gasteiger partial charge is 0.258 e. The third-order valence-corrected chi connectivity index (χ3v) is 5.70. The average Bonchev–Trinajstić information content (AvgIpc) is 2.80. The number of nitrogens with one attached hydrogen (secondary N) is 1. The first-order valence-corrected chi connectivity index (χ1v) is 10.6. The number of carbonyl (C=O) groups excluding carboxylic acids is 1. The van der Waals surface area contributed by atoms with Crippen molar-refractivity contribution >= 4 is 11.6 Å². The molecule has 1 amide bonds. The Bertz CT molecular complexity index is 1000. The van der Waals surface area contributed by atoms with Crippen molar-refractivity contribution in [2.24, 2.45) is 0 Å². The predicted octanol–water partition coefficient (Wildman–Crippen LogP) is 5.81. The number of hydrogen-bond acceptors (Lipinski definition) is 3. The molecule has 0 radical (unpaired) electrons. The van der Waals surface area contributed by atoms with Gasteiger partial charge in [-0.25, -0.2) is 0 Å². The maximum absolute atomic E-state index is 13.6. The molecule has 3 aromatic carbocycles. The van der Waals surface area contributed by atoms with Crippen LogP contribution < -0.4 is 10.1 Å². The minimum absolute atomic E-state index is 0.0429. The third-order valence-electron chi connectivity index (χ3n) is 5.70. The van der Waals surface area contributed by atoms with Gasteiger partial charge in [0.2, 0.25) is 0 Å². The van der Waals surface area contributed by atoms with Gasteiger partial charge in [-0.05, 0) is 48.2 Å². The van der Waals surface area contributed by atoms with Crippen LogP contribution in [-0.2, 0) is 12.2 Å². The predicted molar refractivity (Wildman–Crippen MR) is 121 cm³/mol. The number of para-hydroxylation sites is 1. The second-order valence-electron chi connectivity index (χ2n) is 7.63. The SMILES string of the molecule is CCCOc1ccc(C2(CC)Nc3ccccc3C(=O)N2Cc2ccccc2)cc1. The summed E-state index contributed by atoms with van der Waals surface area (Å²) in [6.07, 6.45) is 1.70. The van der Waals surface area contributed by atoms with Gasteiger partial charge in [0.05, 0.1) is 12.2 Å². The lowest BCUT2D eigenvalue weighted by Gasteiger charge is -2.48. The van der Waals surface area contributed by atoms with E-state index in [0.717, 1.165) is 35.4 Å². The number of fused-ring (bicyclic) bond motifs is 1. The van der Waals surface area contributed by atoms with Crippen molar-refractivity contribution in [3.05, 3.63) is 95.6 Å². The summed E-state index contributed by atoms with van der Waals surface area (Å²) in [6, 6.07) is 26.0. The van der Waals surface area contributed by atoms with Crippen molar-refractivity contribution in [1.82, 2.24) is 4.90 Å². The van der Waals surface area contributed by atoms with Crippen molar-refractivity contribution in [2.75, 3.05) is 11.9 Å². The Balaban J connectivity index is 1.78. The maximum atomic E-state index is 13.6. The Morgan fingerprint density at radius 2 is 1.60 bits per heavy atom. The van der Waals surface area contributed by atoms with Gasteiger partial charge in [-0.3, -0.25) is 4.79 Å². The van der Waals surface area contributed by atoms with E-state index >= 15 is 0 Å². The van der Waals surface area contributed by atoms with Gasteiger partial charge in [0, 0.05) is 12.2 Å². The van der Waals surface area contributed by atoms with Gasteiger partial charge in [-0.1, -0.05) is 68.4 Å². The van der Waals surface area contributed by atoms with E-state index in [1.165, 1.54) is 0 Å². The summed E-state index contributed by atoms with van der Waals surface area (Å²) in [5.41, 5.74) is 3.10. The Morgan fingerprint density at radius 1 is 0.900 bits per heavy atom. The van der Waals surface area contributed by atoms with E-state index in [0.29, 0.717) is 18.7 Å². The number of carbonyl (C=O) groups is 1. The van der Waals surface area contributed by atoms with Gasteiger partial charge < -0.3 is 15.0 Å². The first-order chi connectivity index (χ1) is 14.7. The number of rotatable bonds is 7. The van der Waals surface area contributed by atoms with E-state index in [1.54, 1.807) is 0 Å². The number of amides is 1. The summed E-state index contributed by atoms with van der Waals surface area (Å²) >= 11 is 0. The first-order valence-electron chi connectivity index (χ1n) is 10.6. The second-order valence-corrected chi connectivity index (χ2v) is 7.63. The van der Waals surface area contributed by atoms with Gasteiger partial charge in [0.15, 0.2) is 0 Å². The number of benzene rings is 3. The average molecular weight is 401 g/mol. The number of hydrogen-bond donors (Lipinski definition) is 1. The van der Waals surface area contributed by atoms with Gasteiger partial charge in [-0.15, -0.1) is 0 Å². The minimum Gasteiger partial charge on any atom is -0.494 e. The summed E-state index contributed by atoms with van der Waals surface area (Å²) in [5.74, 6) is 0.894. The van der Waals surface area contributed by atoms with Crippen LogP contribution in [0.5, 0.6) is 5.75 Å². The fourth-order valence-electron chi connectivity index (χ4n) is 4.12. The van der Waals surface area contributed by atoms with Crippen molar-refractivity contribution < 1.29 is 9.53 Å². The van der Waals surface area contributed by atoms with Crippen molar-refractivity contribution in [3.63, 3.8) is 0 Å². The number of anilines is 1. The minimum atomic E-state index is -0.634. The molecule has 0 bridgehead atoms. The summed E-state index contributed by atoms with van der Waals surface area (Å²) in [5, 5.41) is 3.70. The van der Waals surface area contributed by atoms with E-state index < -0.39 is 5.66 Å². The van der Waals surface area contributed by atoms with Crippen molar-refractivity contribution in [3.8, 4) is 5.75 Å². The zero-order valence-electron chi connectivity index (χ0n) is 17.6. The molecule has 0 aromatic heterocycles. The lowest BCUT2D eigenvalue weighted by atomic mass is 9.89. The van der Waals surface area contributed by atoms with Crippen LogP contribution in [0.25, 0.3) is 0 Å². The summed E-state index contributed by atoms with van der Waals surface area (Å²) in [6.45, 7) is 5.44. The number of nitrogens with zero attached hydrogens (tertiary/aromatic N) is 1. The fourth-order valence-corrected chi connectivity index (χ4v) is 4.12. The standard InChI is InChI=1S/C26H28N2O2/c1-3-18-30-22-16-14-21(15-17-22)26(4-2)27-24-13-9-8-12-23(24)25(29)28(26)19-20-10-6-5-7-11-20/h5-17,27H,3-4,18-19H2,1-2H3. The molecule has 3 aromatic rings. The highest BCUT2D eigenvalue weighted by Gasteiger charge is 2.44. The Kier molecular flexibility index (Phi) is 5.75. The van der Waals surface area contributed by atoms with Crippen molar-refractivity contribution in [2.45, 2.75) is 38.9 Å². The number of ether oxygens (including phenoxy) is 1. The van der Waals surface area contributed by atoms with Crippen LogP contribution in [0, 0.1) is 0 Å². The van der Waals surface area contributed by atoms with Gasteiger partial charge in [0.25, 0.3) is 5.91 Å². The monoisotopic (exact) mass is 400 g/mol. The normalized spacial score (nSPS) is 17.9. The highest BCUT2D eigenvalue weighted by molar-refractivity contribution is 6.02. The largest absolute Gasteiger partial charge is 0.494 e. The molecular formula is C26H28N2O2. The molecule has 1 N–H and O–H groups in total. The van der Waals surface area contributed by atoms with E-state index in [9.17, 15) is 4.79 Å². The molecule has 30 heavy (non-hydrogen) atoms. The van der Waals surface area contributed by atoms with Crippen LogP contribution in [0.15, 0.2) is 78.9 Å². The summed E-state index contributed by atoms with van der Waals surface area (Å²) in [4.78, 5) is 15.6. The maximum Gasteiger partial charge on any atom is 0.258 e. The molecule has 0 aliphatic carbocycles. The zero-order chi connectivity index (χ0) is 21.0. The molecule has 1 aliphatic rings. The van der Waals surface area contributed by atoms with Crippen LogP contribution in [0.1, 0.15) is 48.2 Å². The highest BCUT2D eigenvalue weighted by atomic mass is 16.5. The molecule has 1 unspecified atom stereocenters. The molecule has 0 fully saturated rings. The Morgan fingerprint density at radius 3 is 2.30 bits per heavy atom. The van der Waals surface area contributed by atoms with E-state index in [4.69, 9.17) is 4.74 Å². The molecule has 154 valence electrons. The second kappa shape index (κ2) is 8.62. The zero-order valence-corrected chi connectivity index (χ0v) is 17.6. The lowest BCUT2D eigenvalue weighted by molar-refractivity contribution is 0.0454. The van der Waals surface area contributed by atoms with Gasteiger partial charge >= 0.3 is 0 Å². The molecule has 1 heterocycles. The molecular weight excluding hydrogens is 372 g/mol. The van der Waals surface area contributed by atoms with E-state index in [1.807, 2.05) is 59.5 Å². The molecule has 1 aliphatic heterocycles. The van der Waals surface area contributed by atoms with Crippen LogP contribution >= 0.6 is 0 Å². The van der Waals surface area contributed by atoms with Crippen molar-refractivity contribution in [1.29, 1.82) is 0 Å². The summed E-state index contributed by atoms with van der Waals surface area (Å²) < 4.78 is 5.76. The summed E-state index contributed by atoms with van der Waals surface area (Å²) in [7, 11) is 0. The van der Waals surface area contributed by atoms with Gasteiger partial charge in [0.1, 0.15) is 11.4 Å². The highest BCUT2D eigenvalue weighted by Crippen LogP contribution is 2.41. The van der Waals surface area contributed by atoms with Crippen LogP contribution in [0.4, 0.5) is 5.69 Å². The Labute approximate surface area is 178 Å². The van der Waals surface area contributed by atoms with Crippen LogP contribution in [0.3, 0.4) is 0 Å². The Hall–Kier alpha value is -3.27. The third kappa shape index (κ3) is 3.65. The topological polar surface area (TPSA) is 41.6 Å². The fraction of sp³-hybridized carbons (Fsp3) is 0.269. The van der Waals surface area contributed by atoms with E-state index in [-0.39, 0.29) is 5.91 Å².